The van der Waals surface area contributed by atoms with Crippen molar-refractivity contribution in [3.63, 3.8) is 0 Å². The monoisotopic (exact) mass is 246 g/mol. The molecule has 0 heterocycles. The number of hydrogen-bond acceptors (Lipinski definition) is 0. The molecule has 19 heavy (non-hydrogen) atoms. The molecule has 0 aromatic heterocycles. The molecule has 0 saturated heterocycles. The van der Waals surface area contributed by atoms with E-state index in [4.69, 9.17) is 0 Å². The van der Waals surface area contributed by atoms with Gasteiger partial charge in [-0.3, -0.25) is 0 Å². The van der Waals surface area contributed by atoms with Crippen molar-refractivity contribution in [1.82, 2.24) is 0 Å². The number of rotatable bonds is 2. The molecule has 0 spiro atoms. The molecule has 1 aliphatic carbocycles. The Balaban J connectivity index is 1.78. The maximum absolute atomic E-state index is 2.35. The number of aryl methyl sites for hydroxylation is 1. The van der Waals surface area contributed by atoms with Crippen molar-refractivity contribution in [3.05, 3.63) is 89.5 Å². The predicted octanol–water partition coefficient (Wildman–Crippen LogP) is 5.12. The van der Waals surface area contributed by atoms with Gasteiger partial charge in [0.2, 0.25) is 0 Å². The minimum atomic E-state index is 0.521. The van der Waals surface area contributed by atoms with E-state index in [1.807, 2.05) is 0 Å². The van der Waals surface area contributed by atoms with Gasteiger partial charge in [-0.05, 0) is 30.0 Å². The Hall–Kier alpha value is -2.08. The first kappa shape index (κ1) is 12.0. The van der Waals surface area contributed by atoms with Crippen LogP contribution in [0.3, 0.4) is 0 Å². The van der Waals surface area contributed by atoms with Crippen LogP contribution in [-0.2, 0) is 0 Å². The van der Waals surface area contributed by atoms with Gasteiger partial charge < -0.3 is 0 Å². The Morgan fingerprint density at radius 3 is 2.26 bits per heavy atom. The third-order valence-electron chi connectivity index (χ3n) is 3.71. The fourth-order valence-corrected chi connectivity index (χ4v) is 2.53. The van der Waals surface area contributed by atoms with Gasteiger partial charge in [0.15, 0.2) is 0 Å². The summed E-state index contributed by atoms with van der Waals surface area (Å²) in [6.07, 6.45) is 8.01. The molecule has 0 amide bonds. The van der Waals surface area contributed by atoms with Crippen molar-refractivity contribution in [2.24, 2.45) is 0 Å². The molecule has 2 aromatic carbocycles. The molecule has 2 aromatic rings. The first-order valence-electron chi connectivity index (χ1n) is 6.83. The van der Waals surface area contributed by atoms with Crippen LogP contribution in [0.5, 0.6) is 0 Å². The highest BCUT2D eigenvalue weighted by Gasteiger charge is 2.11. The van der Waals surface area contributed by atoms with E-state index in [0.717, 1.165) is 6.42 Å². The van der Waals surface area contributed by atoms with Crippen LogP contribution in [0.15, 0.2) is 72.8 Å². The summed E-state index contributed by atoms with van der Waals surface area (Å²) in [5.41, 5.74) is 5.37. The Morgan fingerprint density at radius 1 is 0.895 bits per heavy atom. The molecule has 0 heteroatoms. The zero-order valence-corrected chi connectivity index (χ0v) is 11.2. The van der Waals surface area contributed by atoms with E-state index in [2.05, 4.69) is 79.7 Å². The molecule has 0 radical (unpaired) electrons. The molecular formula is C19H18. The highest BCUT2D eigenvalue weighted by molar-refractivity contribution is 5.75. The lowest BCUT2D eigenvalue weighted by molar-refractivity contribution is 0.856. The lowest BCUT2D eigenvalue weighted by atomic mass is 9.88. The van der Waals surface area contributed by atoms with Crippen molar-refractivity contribution < 1.29 is 0 Å². The lowest BCUT2D eigenvalue weighted by Gasteiger charge is -2.17. The maximum Gasteiger partial charge on any atom is 0.00561 e. The summed E-state index contributed by atoms with van der Waals surface area (Å²) in [5.74, 6) is 0.521. The van der Waals surface area contributed by atoms with Crippen LogP contribution in [0.2, 0.25) is 0 Å². The van der Waals surface area contributed by atoms with Gasteiger partial charge in [0.25, 0.3) is 0 Å². The second-order valence-corrected chi connectivity index (χ2v) is 5.14. The molecule has 3 rings (SSSR count). The van der Waals surface area contributed by atoms with E-state index < -0.39 is 0 Å². The molecule has 94 valence electrons. The molecule has 0 fully saturated rings. The van der Waals surface area contributed by atoms with E-state index in [1.54, 1.807) is 0 Å². The van der Waals surface area contributed by atoms with Gasteiger partial charge in [-0.25, -0.2) is 0 Å². The smallest absolute Gasteiger partial charge is 0.00561 e. The van der Waals surface area contributed by atoms with Crippen LogP contribution < -0.4 is 0 Å². The molecule has 1 atom stereocenters. The first-order valence-corrected chi connectivity index (χ1v) is 6.83. The number of benzene rings is 2. The summed E-state index contributed by atoms with van der Waals surface area (Å²) in [6, 6.07) is 19.5. The molecule has 0 nitrogen and oxygen atoms in total. The molecule has 1 aliphatic rings. The molecule has 1 unspecified atom stereocenters. The van der Waals surface area contributed by atoms with E-state index in [-0.39, 0.29) is 0 Å². The minimum Gasteiger partial charge on any atom is -0.0761 e. The molecule has 0 bridgehead atoms. The summed E-state index contributed by atoms with van der Waals surface area (Å²) in [7, 11) is 0. The summed E-state index contributed by atoms with van der Waals surface area (Å²) in [5, 5.41) is 0. The lowest BCUT2D eigenvalue weighted by Crippen LogP contribution is -1.98. The normalized spacial score (nSPS) is 18.2. The molecule has 0 saturated carbocycles. The van der Waals surface area contributed by atoms with Crippen LogP contribution in [0, 0.1) is 6.92 Å². The summed E-state index contributed by atoms with van der Waals surface area (Å²) in [4.78, 5) is 0. The van der Waals surface area contributed by atoms with Gasteiger partial charge in [-0.2, -0.15) is 0 Å². The highest BCUT2D eigenvalue weighted by Crippen LogP contribution is 2.30. The molecular weight excluding hydrogens is 228 g/mol. The number of hydrogen-bond donors (Lipinski definition) is 0. The largest absolute Gasteiger partial charge is 0.0761 e. The predicted molar refractivity (Wildman–Crippen MR) is 82.1 cm³/mol. The highest BCUT2D eigenvalue weighted by atomic mass is 14.2. The van der Waals surface area contributed by atoms with E-state index in [9.17, 15) is 0 Å². The average Bonchev–Trinajstić information content (AvgIpc) is 2.49. The fraction of sp³-hybridized carbons (Fsp3) is 0.158. The number of allylic oxidation sites excluding steroid dienone is 4. The standard InChI is InChI=1S/C19H18/c1-15-7-9-17(10-8-15)19-13-11-18(12-14-19)16-5-3-2-4-6-16/h2-13,19H,14H2,1H3. The van der Waals surface area contributed by atoms with Gasteiger partial charge in [0, 0.05) is 5.92 Å². The van der Waals surface area contributed by atoms with Gasteiger partial charge in [-0.1, -0.05) is 78.4 Å². The average molecular weight is 246 g/mol. The Morgan fingerprint density at radius 2 is 1.63 bits per heavy atom. The molecule has 0 aliphatic heterocycles. The quantitative estimate of drug-likeness (QED) is 0.689. The SMILES string of the molecule is Cc1ccc(C2C=CC(c3ccccc3)=CC2)cc1. The van der Waals surface area contributed by atoms with E-state index in [0.29, 0.717) is 5.92 Å². The van der Waals surface area contributed by atoms with Crippen LogP contribution >= 0.6 is 0 Å². The van der Waals surface area contributed by atoms with Gasteiger partial charge in [-0.15, -0.1) is 0 Å². The Bertz CT molecular complexity index is 600. The van der Waals surface area contributed by atoms with Crippen molar-refractivity contribution >= 4 is 5.57 Å². The van der Waals surface area contributed by atoms with Crippen LogP contribution in [0.4, 0.5) is 0 Å². The van der Waals surface area contributed by atoms with Crippen molar-refractivity contribution in [2.75, 3.05) is 0 Å². The zero-order chi connectivity index (χ0) is 13.1. The fourth-order valence-electron chi connectivity index (χ4n) is 2.53. The van der Waals surface area contributed by atoms with Crippen molar-refractivity contribution in [3.8, 4) is 0 Å². The zero-order valence-electron chi connectivity index (χ0n) is 11.2. The Kier molecular flexibility index (Phi) is 3.33. The van der Waals surface area contributed by atoms with Gasteiger partial charge in [0.1, 0.15) is 0 Å². The van der Waals surface area contributed by atoms with E-state index >= 15 is 0 Å². The summed E-state index contributed by atoms with van der Waals surface area (Å²) in [6.45, 7) is 2.13. The van der Waals surface area contributed by atoms with Gasteiger partial charge in [0.05, 0.1) is 0 Å². The Labute approximate surface area is 115 Å². The summed E-state index contributed by atoms with van der Waals surface area (Å²) < 4.78 is 0. The molecule has 0 N–H and O–H groups in total. The first-order chi connectivity index (χ1) is 9.33. The van der Waals surface area contributed by atoms with E-state index in [1.165, 1.54) is 22.3 Å². The van der Waals surface area contributed by atoms with Crippen LogP contribution in [0.1, 0.15) is 29.0 Å². The van der Waals surface area contributed by atoms with Gasteiger partial charge >= 0.3 is 0 Å². The third-order valence-corrected chi connectivity index (χ3v) is 3.71. The minimum absolute atomic E-state index is 0.521. The van der Waals surface area contributed by atoms with Crippen molar-refractivity contribution in [2.45, 2.75) is 19.3 Å². The topological polar surface area (TPSA) is 0 Å². The third kappa shape index (κ3) is 2.68. The second kappa shape index (κ2) is 5.27. The van der Waals surface area contributed by atoms with Crippen molar-refractivity contribution in [1.29, 1.82) is 0 Å². The maximum atomic E-state index is 2.35. The van der Waals surface area contributed by atoms with Crippen LogP contribution in [-0.4, -0.2) is 0 Å². The van der Waals surface area contributed by atoms with Crippen LogP contribution in [0.25, 0.3) is 5.57 Å². The second-order valence-electron chi connectivity index (χ2n) is 5.14. The summed E-state index contributed by atoms with van der Waals surface area (Å²) >= 11 is 0.